The second kappa shape index (κ2) is 7.64. The molecule has 2 aromatic carbocycles. The Morgan fingerprint density at radius 2 is 1.50 bits per heavy atom. The van der Waals surface area contributed by atoms with Crippen LogP contribution in [0.2, 0.25) is 0 Å². The maximum absolute atomic E-state index is 11.8. The third-order valence-electron chi connectivity index (χ3n) is 2.81. The van der Waals surface area contributed by atoms with Crippen LogP contribution < -0.4 is 10.6 Å². The van der Waals surface area contributed by atoms with Crippen LogP contribution in [0.3, 0.4) is 0 Å². The summed E-state index contributed by atoms with van der Waals surface area (Å²) in [6.45, 7) is 0. The van der Waals surface area contributed by atoms with Crippen LogP contribution in [-0.4, -0.2) is 19.1 Å². The van der Waals surface area contributed by atoms with Gasteiger partial charge >= 0.3 is 6.09 Å². The quantitative estimate of drug-likeness (QED) is 0.848. The van der Waals surface area contributed by atoms with Crippen molar-refractivity contribution < 1.29 is 14.3 Å². The van der Waals surface area contributed by atoms with E-state index in [1.54, 1.807) is 30.3 Å². The maximum Gasteiger partial charge on any atom is 0.411 e. The molecule has 0 atom stereocenters. The van der Waals surface area contributed by atoms with Crippen molar-refractivity contribution in [3.05, 3.63) is 66.2 Å². The molecule has 0 bridgehead atoms. The number of nitrogens with one attached hydrogen (secondary N) is 2. The van der Waals surface area contributed by atoms with Crippen molar-refractivity contribution in [3.63, 3.8) is 0 Å². The molecule has 2 amide bonds. The average Bonchev–Trinajstić information content (AvgIpc) is 2.55. The minimum absolute atomic E-state index is 0.225. The van der Waals surface area contributed by atoms with E-state index in [2.05, 4.69) is 15.4 Å². The summed E-state index contributed by atoms with van der Waals surface area (Å²) in [6, 6.07) is 16.3. The molecule has 2 N–H and O–H groups in total. The fourth-order valence-electron chi connectivity index (χ4n) is 1.73. The van der Waals surface area contributed by atoms with E-state index in [0.717, 1.165) is 5.56 Å². The SMILES string of the molecule is COC(=O)Nc1ccc(NC(=O)C=Cc2ccccc2)cc1. The number of carbonyl (C=O) groups excluding carboxylic acids is 2. The highest BCUT2D eigenvalue weighted by molar-refractivity contribution is 6.02. The molecular formula is C17H16N2O3. The van der Waals surface area contributed by atoms with Gasteiger partial charge in [-0.25, -0.2) is 4.79 Å². The number of carbonyl (C=O) groups is 2. The van der Waals surface area contributed by atoms with Crippen LogP contribution >= 0.6 is 0 Å². The van der Waals surface area contributed by atoms with Crippen LogP contribution in [0.25, 0.3) is 6.08 Å². The van der Waals surface area contributed by atoms with E-state index in [0.29, 0.717) is 11.4 Å². The fraction of sp³-hybridized carbons (Fsp3) is 0.0588. The van der Waals surface area contributed by atoms with Gasteiger partial charge in [0.1, 0.15) is 0 Å². The number of anilines is 2. The van der Waals surface area contributed by atoms with Gasteiger partial charge in [0.05, 0.1) is 7.11 Å². The van der Waals surface area contributed by atoms with Crippen LogP contribution in [0, 0.1) is 0 Å². The molecule has 0 unspecified atom stereocenters. The minimum Gasteiger partial charge on any atom is -0.453 e. The Bertz CT molecular complexity index is 664. The van der Waals surface area contributed by atoms with Gasteiger partial charge in [-0.2, -0.15) is 0 Å². The number of rotatable bonds is 4. The molecule has 0 aromatic heterocycles. The predicted octanol–water partition coefficient (Wildman–Crippen LogP) is 3.52. The molecule has 22 heavy (non-hydrogen) atoms. The first-order chi connectivity index (χ1) is 10.7. The molecule has 112 valence electrons. The highest BCUT2D eigenvalue weighted by Gasteiger charge is 2.01. The van der Waals surface area contributed by atoms with Crippen molar-refractivity contribution in [1.82, 2.24) is 0 Å². The summed E-state index contributed by atoms with van der Waals surface area (Å²) in [5.41, 5.74) is 2.18. The van der Waals surface area contributed by atoms with Gasteiger partial charge in [-0.05, 0) is 35.9 Å². The third kappa shape index (κ3) is 4.79. The summed E-state index contributed by atoms with van der Waals surface area (Å²) in [4.78, 5) is 22.9. The molecule has 5 heteroatoms. The normalized spacial score (nSPS) is 10.2. The van der Waals surface area contributed by atoms with E-state index in [4.69, 9.17) is 0 Å². The number of amides is 2. The lowest BCUT2D eigenvalue weighted by Gasteiger charge is -2.05. The van der Waals surface area contributed by atoms with Gasteiger partial charge in [0.2, 0.25) is 5.91 Å². The summed E-state index contributed by atoms with van der Waals surface area (Å²) < 4.78 is 4.49. The molecule has 2 aromatic rings. The zero-order valence-corrected chi connectivity index (χ0v) is 12.1. The van der Waals surface area contributed by atoms with Crippen molar-refractivity contribution in [3.8, 4) is 0 Å². The Labute approximate surface area is 128 Å². The Hall–Kier alpha value is -3.08. The molecule has 0 aliphatic heterocycles. The lowest BCUT2D eigenvalue weighted by Crippen LogP contribution is -2.11. The first kappa shape index (κ1) is 15.3. The number of hydrogen-bond donors (Lipinski definition) is 2. The fourth-order valence-corrected chi connectivity index (χ4v) is 1.73. The number of benzene rings is 2. The Morgan fingerprint density at radius 3 is 2.09 bits per heavy atom. The molecule has 5 nitrogen and oxygen atoms in total. The Balaban J connectivity index is 1.91. The van der Waals surface area contributed by atoms with E-state index in [-0.39, 0.29) is 5.91 Å². The van der Waals surface area contributed by atoms with Gasteiger partial charge in [0, 0.05) is 17.5 Å². The van der Waals surface area contributed by atoms with Gasteiger partial charge < -0.3 is 10.1 Å². The molecule has 2 rings (SSSR count). The molecule has 0 aliphatic rings. The smallest absolute Gasteiger partial charge is 0.411 e. The monoisotopic (exact) mass is 296 g/mol. The first-order valence-electron chi connectivity index (χ1n) is 6.66. The molecule has 0 saturated carbocycles. The summed E-state index contributed by atoms with van der Waals surface area (Å²) >= 11 is 0. The molecule has 0 saturated heterocycles. The number of methoxy groups -OCH3 is 1. The summed E-state index contributed by atoms with van der Waals surface area (Å²) in [6.07, 6.45) is 2.67. The van der Waals surface area contributed by atoms with Crippen molar-refractivity contribution in [1.29, 1.82) is 0 Å². The largest absolute Gasteiger partial charge is 0.453 e. The standard InChI is InChI=1S/C17H16N2O3/c1-22-17(21)19-15-10-8-14(9-11-15)18-16(20)12-7-13-5-3-2-4-6-13/h2-12H,1H3,(H,18,20)(H,19,21). The second-order valence-electron chi connectivity index (χ2n) is 4.43. The lowest BCUT2D eigenvalue weighted by molar-refractivity contribution is -0.111. The molecule has 0 heterocycles. The molecular weight excluding hydrogens is 280 g/mol. The highest BCUT2D eigenvalue weighted by atomic mass is 16.5. The third-order valence-corrected chi connectivity index (χ3v) is 2.81. The van der Waals surface area contributed by atoms with Crippen molar-refractivity contribution >= 4 is 29.5 Å². The second-order valence-corrected chi connectivity index (χ2v) is 4.43. The van der Waals surface area contributed by atoms with Crippen LogP contribution in [0.5, 0.6) is 0 Å². The lowest BCUT2D eigenvalue weighted by atomic mass is 10.2. The van der Waals surface area contributed by atoms with Gasteiger partial charge in [0.15, 0.2) is 0 Å². The Kier molecular flexibility index (Phi) is 5.31. The van der Waals surface area contributed by atoms with E-state index in [9.17, 15) is 9.59 Å². The van der Waals surface area contributed by atoms with Crippen molar-refractivity contribution in [2.45, 2.75) is 0 Å². The topological polar surface area (TPSA) is 67.4 Å². The zero-order chi connectivity index (χ0) is 15.8. The van der Waals surface area contributed by atoms with E-state index >= 15 is 0 Å². The van der Waals surface area contributed by atoms with Gasteiger partial charge in [-0.3, -0.25) is 10.1 Å². The molecule has 0 fully saturated rings. The molecule has 0 radical (unpaired) electrons. The van der Waals surface area contributed by atoms with Crippen molar-refractivity contribution in [2.24, 2.45) is 0 Å². The average molecular weight is 296 g/mol. The first-order valence-corrected chi connectivity index (χ1v) is 6.66. The summed E-state index contributed by atoms with van der Waals surface area (Å²) in [5, 5.41) is 5.27. The van der Waals surface area contributed by atoms with E-state index < -0.39 is 6.09 Å². The highest BCUT2D eigenvalue weighted by Crippen LogP contribution is 2.14. The van der Waals surface area contributed by atoms with E-state index in [1.165, 1.54) is 13.2 Å². The van der Waals surface area contributed by atoms with Crippen molar-refractivity contribution in [2.75, 3.05) is 17.7 Å². The van der Waals surface area contributed by atoms with Crippen LogP contribution in [0.15, 0.2) is 60.7 Å². The van der Waals surface area contributed by atoms with Gasteiger partial charge in [-0.15, -0.1) is 0 Å². The molecule has 0 spiro atoms. The maximum atomic E-state index is 11.8. The van der Waals surface area contributed by atoms with Crippen LogP contribution in [-0.2, 0) is 9.53 Å². The van der Waals surface area contributed by atoms with Gasteiger partial charge in [-0.1, -0.05) is 30.3 Å². The number of hydrogen-bond acceptors (Lipinski definition) is 3. The van der Waals surface area contributed by atoms with Gasteiger partial charge in [0.25, 0.3) is 0 Å². The minimum atomic E-state index is -0.539. The number of ether oxygens (including phenoxy) is 1. The summed E-state index contributed by atoms with van der Waals surface area (Å²) in [5.74, 6) is -0.225. The zero-order valence-electron chi connectivity index (χ0n) is 12.1. The van der Waals surface area contributed by atoms with E-state index in [1.807, 2.05) is 30.3 Å². The Morgan fingerprint density at radius 1 is 0.909 bits per heavy atom. The summed E-state index contributed by atoms with van der Waals surface area (Å²) in [7, 11) is 1.29. The molecule has 0 aliphatic carbocycles. The predicted molar refractivity (Wildman–Crippen MR) is 86.6 cm³/mol. The van der Waals surface area contributed by atoms with Crippen LogP contribution in [0.4, 0.5) is 16.2 Å². The van der Waals surface area contributed by atoms with Crippen LogP contribution in [0.1, 0.15) is 5.56 Å².